The monoisotopic (exact) mass is 429 g/mol. The summed E-state index contributed by atoms with van der Waals surface area (Å²) < 4.78 is 11.1. The number of aryl methyl sites for hydroxylation is 1. The first-order chi connectivity index (χ1) is 15.5. The van der Waals surface area contributed by atoms with Crippen molar-refractivity contribution in [3.8, 4) is 5.75 Å². The van der Waals surface area contributed by atoms with Gasteiger partial charge in [0.25, 0.3) is 11.7 Å². The van der Waals surface area contributed by atoms with Crippen LogP contribution in [0, 0.1) is 6.92 Å². The highest BCUT2D eigenvalue weighted by Crippen LogP contribution is 2.41. The minimum absolute atomic E-state index is 0.0336. The largest absolute Gasteiger partial charge is 0.507 e. The quantitative estimate of drug-likeness (QED) is 0.253. The van der Waals surface area contributed by atoms with Gasteiger partial charge >= 0.3 is 0 Å². The summed E-state index contributed by atoms with van der Waals surface area (Å²) in [5, 5.41) is 11.1. The molecule has 32 heavy (non-hydrogen) atoms. The second-order valence-electron chi connectivity index (χ2n) is 7.54. The standard InChI is InChI=1S/C26H23NO5/c1-3-13-31-20-7-4-6-19(15-20)23-22(24(28)18-11-9-17(2)10-12-18)25(29)26(30)27(23)16-21-8-5-14-32-21/h3-12,14-15,23,28H,1,13,16H2,2H3. The van der Waals surface area contributed by atoms with Crippen LogP contribution >= 0.6 is 0 Å². The first-order valence-electron chi connectivity index (χ1n) is 10.2. The minimum atomic E-state index is -0.798. The second-order valence-corrected chi connectivity index (χ2v) is 7.54. The van der Waals surface area contributed by atoms with Gasteiger partial charge in [0.05, 0.1) is 24.4 Å². The highest BCUT2D eigenvalue weighted by molar-refractivity contribution is 6.46. The SMILES string of the molecule is C=CCOc1cccc(C2C(=C(O)c3ccc(C)cc3)C(=O)C(=O)N2Cc2ccco2)c1. The Labute approximate surface area is 186 Å². The van der Waals surface area contributed by atoms with Crippen LogP contribution in [0.3, 0.4) is 0 Å². The minimum Gasteiger partial charge on any atom is -0.507 e. The lowest BCUT2D eigenvalue weighted by molar-refractivity contribution is -0.140. The average Bonchev–Trinajstić information content (AvgIpc) is 3.40. The Kier molecular flexibility index (Phi) is 5.94. The molecule has 6 heteroatoms. The summed E-state index contributed by atoms with van der Waals surface area (Å²) in [5.74, 6) is -0.546. The first kappa shape index (κ1) is 21.2. The van der Waals surface area contributed by atoms with Crippen LogP contribution in [0.4, 0.5) is 0 Å². The molecule has 1 fully saturated rings. The third-order valence-corrected chi connectivity index (χ3v) is 5.31. The molecule has 0 bridgehead atoms. The smallest absolute Gasteiger partial charge is 0.296 e. The van der Waals surface area contributed by atoms with E-state index in [9.17, 15) is 14.7 Å². The van der Waals surface area contributed by atoms with Crippen molar-refractivity contribution in [1.29, 1.82) is 0 Å². The van der Waals surface area contributed by atoms with E-state index in [-0.39, 0.29) is 17.9 Å². The van der Waals surface area contributed by atoms with Gasteiger partial charge in [-0.1, -0.05) is 54.6 Å². The molecule has 0 spiro atoms. The molecular weight excluding hydrogens is 406 g/mol. The van der Waals surface area contributed by atoms with Gasteiger partial charge in [-0.15, -0.1) is 0 Å². The number of aliphatic hydroxyl groups is 1. The molecule has 6 nitrogen and oxygen atoms in total. The van der Waals surface area contributed by atoms with Crippen LogP contribution in [-0.2, 0) is 16.1 Å². The maximum atomic E-state index is 13.1. The maximum absolute atomic E-state index is 13.1. The van der Waals surface area contributed by atoms with Gasteiger partial charge in [0.15, 0.2) is 0 Å². The Hall–Kier alpha value is -4.06. The summed E-state index contributed by atoms with van der Waals surface area (Å²) in [6.07, 6.45) is 3.14. The van der Waals surface area contributed by atoms with Crippen molar-refractivity contribution in [2.24, 2.45) is 0 Å². The van der Waals surface area contributed by atoms with Crippen molar-refractivity contribution in [3.63, 3.8) is 0 Å². The molecule has 1 atom stereocenters. The number of rotatable bonds is 7. The van der Waals surface area contributed by atoms with Crippen LogP contribution in [0.1, 0.15) is 28.5 Å². The van der Waals surface area contributed by atoms with E-state index in [1.54, 1.807) is 54.6 Å². The van der Waals surface area contributed by atoms with E-state index in [0.717, 1.165) is 5.56 Å². The molecule has 3 aromatic rings. The summed E-state index contributed by atoms with van der Waals surface area (Å²) in [7, 11) is 0. The zero-order valence-corrected chi connectivity index (χ0v) is 17.7. The molecule has 1 aliphatic rings. The van der Waals surface area contributed by atoms with Gasteiger partial charge in [-0.05, 0) is 36.8 Å². The molecule has 0 aliphatic carbocycles. The Morgan fingerprint density at radius 2 is 1.94 bits per heavy atom. The second kappa shape index (κ2) is 8.98. The molecule has 1 amide bonds. The van der Waals surface area contributed by atoms with Crippen LogP contribution in [-0.4, -0.2) is 28.3 Å². The Morgan fingerprint density at radius 1 is 1.16 bits per heavy atom. The molecule has 0 radical (unpaired) electrons. The normalized spacial score (nSPS) is 17.5. The van der Waals surface area contributed by atoms with Crippen molar-refractivity contribution in [3.05, 3.63) is 108 Å². The van der Waals surface area contributed by atoms with Gasteiger partial charge in [0.2, 0.25) is 0 Å². The van der Waals surface area contributed by atoms with Crippen molar-refractivity contribution in [2.45, 2.75) is 19.5 Å². The lowest BCUT2D eigenvalue weighted by atomic mass is 9.95. The third-order valence-electron chi connectivity index (χ3n) is 5.31. The van der Waals surface area contributed by atoms with Crippen molar-refractivity contribution in [1.82, 2.24) is 4.90 Å². The van der Waals surface area contributed by atoms with Gasteiger partial charge in [0.1, 0.15) is 23.9 Å². The first-order valence-corrected chi connectivity index (χ1v) is 10.2. The Bertz CT molecular complexity index is 1180. The average molecular weight is 429 g/mol. The van der Waals surface area contributed by atoms with Gasteiger partial charge in [0, 0.05) is 5.56 Å². The summed E-state index contributed by atoms with van der Waals surface area (Å²) in [4.78, 5) is 27.5. The molecule has 162 valence electrons. The van der Waals surface area contributed by atoms with E-state index in [0.29, 0.717) is 29.2 Å². The maximum Gasteiger partial charge on any atom is 0.296 e. The van der Waals surface area contributed by atoms with Gasteiger partial charge < -0.3 is 19.2 Å². The van der Waals surface area contributed by atoms with Crippen LogP contribution in [0.15, 0.2) is 89.6 Å². The molecule has 2 aromatic carbocycles. The van der Waals surface area contributed by atoms with Gasteiger partial charge in [-0.2, -0.15) is 0 Å². The molecule has 1 unspecified atom stereocenters. The highest BCUT2D eigenvalue weighted by Gasteiger charge is 2.46. The number of Topliss-reactive ketones (excluding diaryl/α,β-unsaturated/α-hetero) is 1. The zero-order valence-electron chi connectivity index (χ0n) is 17.7. The number of ketones is 1. The topological polar surface area (TPSA) is 80.0 Å². The fourth-order valence-electron chi connectivity index (χ4n) is 3.76. The predicted octanol–water partition coefficient (Wildman–Crippen LogP) is 4.77. The van der Waals surface area contributed by atoms with Crippen molar-refractivity contribution < 1.29 is 23.8 Å². The summed E-state index contributed by atoms with van der Waals surface area (Å²) in [5.41, 5.74) is 2.16. The van der Waals surface area contributed by atoms with E-state index in [1.807, 2.05) is 19.1 Å². The number of amides is 1. The van der Waals surface area contributed by atoms with E-state index in [4.69, 9.17) is 9.15 Å². The Morgan fingerprint density at radius 3 is 2.62 bits per heavy atom. The number of carbonyl (C=O) groups excluding carboxylic acids is 2. The molecule has 2 heterocycles. The lowest BCUT2D eigenvalue weighted by Gasteiger charge is -2.25. The van der Waals surface area contributed by atoms with E-state index < -0.39 is 17.7 Å². The molecule has 0 saturated carbocycles. The number of furan rings is 1. The summed E-state index contributed by atoms with van der Waals surface area (Å²) >= 11 is 0. The fraction of sp³-hybridized carbons (Fsp3) is 0.154. The molecular formula is C26H23NO5. The predicted molar refractivity (Wildman–Crippen MR) is 120 cm³/mol. The molecule has 1 aromatic heterocycles. The molecule has 1 aliphatic heterocycles. The molecule has 4 rings (SSSR count). The molecule has 1 saturated heterocycles. The van der Waals surface area contributed by atoms with Crippen LogP contribution < -0.4 is 4.74 Å². The number of aliphatic hydroxyl groups excluding tert-OH is 1. The van der Waals surface area contributed by atoms with E-state index in [2.05, 4.69) is 6.58 Å². The number of nitrogens with zero attached hydrogens (tertiary/aromatic N) is 1. The van der Waals surface area contributed by atoms with Crippen molar-refractivity contribution >= 4 is 17.4 Å². The number of carbonyl (C=O) groups is 2. The number of likely N-dealkylation sites (tertiary alicyclic amines) is 1. The van der Waals surface area contributed by atoms with E-state index >= 15 is 0 Å². The van der Waals surface area contributed by atoms with Crippen LogP contribution in [0.2, 0.25) is 0 Å². The number of ether oxygens (including phenoxy) is 1. The van der Waals surface area contributed by atoms with Crippen LogP contribution in [0.5, 0.6) is 5.75 Å². The number of hydrogen-bond donors (Lipinski definition) is 1. The van der Waals surface area contributed by atoms with E-state index in [1.165, 1.54) is 11.2 Å². The Balaban J connectivity index is 1.84. The fourth-order valence-corrected chi connectivity index (χ4v) is 3.76. The molecule has 1 N–H and O–H groups in total. The third kappa shape index (κ3) is 4.07. The lowest BCUT2D eigenvalue weighted by Crippen LogP contribution is -2.29. The van der Waals surface area contributed by atoms with Crippen molar-refractivity contribution in [2.75, 3.05) is 6.61 Å². The highest BCUT2D eigenvalue weighted by atomic mass is 16.5. The zero-order chi connectivity index (χ0) is 22.7. The van der Waals surface area contributed by atoms with Crippen LogP contribution in [0.25, 0.3) is 5.76 Å². The number of hydrogen-bond acceptors (Lipinski definition) is 5. The summed E-state index contributed by atoms with van der Waals surface area (Å²) in [6.45, 7) is 5.99. The number of benzene rings is 2. The van der Waals surface area contributed by atoms with Gasteiger partial charge in [-0.25, -0.2) is 0 Å². The van der Waals surface area contributed by atoms with Gasteiger partial charge in [-0.3, -0.25) is 9.59 Å². The summed E-state index contributed by atoms with van der Waals surface area (Å²) in [6, 6.07) is 16.9.